The van der Waals surface area contributed by atoms with Gasteiger partial charge < -0.3 is 9.73 Å². The van der Waals surface area contributed by atoms with Crippen LogP contribution >= 0.6 is 11.6 Å². The zero-order chi connectivity index (χ0) is 11.3. The predicted molar refractivity (Wildman–Crippen MR) is 64.1 cm³/mol. The van der Waals surface area contributed by atoms with E-state index in [1.54, 1.807) is 6.07 Å². The number of hydrogen-bond acceptors (Lipinski definition) is 2. The fourth-order valence-electron chi connectivity index (χ4n) is 1.58. The highest BCUT2D eigenvalue weighted by Crippen LogP contribution is 2.14. The molecule has 0 saturated carbocycles. The first kappa shape index (κ1) is 12.6. The quantitative estimate of drug-likeness (QED) is 0.802. The third kappa shape index (κ3) is 4.72. The van der Waals surface area contributed by atoms with Crippen LogP contribution < -0.4 is 5.32 Å². The van der Waals surface area contributed by atoms with Crippen LogP contribution in [0.2, 0.25) is 5.22 Å². The summed E-state index contributed by atoms with van der Waals surface area (Å²) in [7, 11) is 0. The van der Waals surface area contributed by atoms with Gasteiger partial charge in [0.05, 0.1) is 6.54 Å². The second-order valence-electron chi connectivity index (χ2n) is 4.24. The zero-order valence-corrected chi connectivity index (χ0v) is 10.5. The van der Waals surface area contributed by atoms with Crippen molar-refractivity contribution in [1.29, 1.82) is 0 Å². The summed E-state index contributed by atoms with van der Waals surface area (Å²) in [5.41, 5.74) is 0. The highest BCUT2D eigenvalue weighted by molar-refractivity contribution is 6.28. The van der Waals surface area contributed by atoms with Crippen molar-refractivity contribution in [3.63, 3.8) is 0 Å². The minimum atomic E-state index is 0.460. The van der Waals surface area contributed by atoms with Crippen LogP contribution in [0.15, 0.2) is 16.5 Å². The van der Waals surface area contributed by atoms with Crippen molar-refractivity contribution in [1.82, 2.24) is 5.32 Å². The summed E-state index contributed by atoms with van der Waals surface area (Å²) in [6, 6.07) is 4.20. The van der Waals surface area contributed by atoms with Gasteiger partial charge in [-0.15, -0.1) is 0 Å². The molecule has 0 radical (unpaired) electrons. The molecule has 0 saturated heterocycles. The van der Waals surface area contributed by atoms with E-state index in [9.17, 15) is 0 Å². The smallest absolute Gasteiger partial charge is 0.193 e. The normalized spacial score (nSPS) is 15.2. The molecule has 0 amide bonds. The van der Waals surface area contributed by atoms with Crippen LogP contribution in [0.5, 0.6) is 0 Å². The predicted octanol–water partition coefficient (Wildman–Crippen LogP) is 3.85. The molecule has 0 aliphatic rings. The van der Waals surface area contributed by atoms with E-state index in [0.29, 0.717) is 11.3 Å². The SMILES string of the molecule is CCC(C)CC(C)NCc1ccc(Cl)o1. The van der Waals surface area contributed by atoms with E-state index in [1.165, 1.54) is 12.8 Å². The van der Waals surface area contributed by atoms with Gasteiger partial charge in [0, 0.05) is 6.04 Å². The van der Waals surface area contributed by atoms with Crippen LogP contribution in [0.3, 0.4) is 0 Å². The molecule has 15 heavy (non-hydrogen) atoms. The largest absolute Gasteiger partial charge is 0.448 e. The molecule has 0 fully saturated rings. The van der Waals surface area contributed by atoms with Crippen molar-refractivity contribution in [2.45, 2.75) is 46.2 Å². The standard InChI is InChI=1S/C12H20ClNO/c1-4-9(2)7-10(3)14-8-11-5-6-12(13)15-11/h5-6,9-10,14H,4,7-8H2,1-3H3. The summed E-state index contributed by atoms with van der Waals surface area (Å²) in [6.45, 7) is 7.46. The van der Waals surface area contributed by atoms with Gasteiger partial charge in [-0.05, 0) is 43.0 Å². The second-order valence-corrected chi connectivity index (χ2v) is 4.61. The third-order valence-electron chi connectivity index (χ3n) is 2.71. The number of nitrogens with one attached hydrogen (secondary N) is 1. The van der Waals surface area contributed by atoms with Crippen molar-refractivity contribution in [3.05, 3.63) is 23.1 Å². The lowest BCUT2D eigenvalue weighted by atomic mass is 10.0. The maximum atomic E-state index is 5.69. The molecule has 1 rings (SSSR count). The lowest BCUT2D eigenvalue weighted by molar-refractivity contribution is 0.392. The van der Waals surface area contributed by atoms with Gasteiger partial charge in [0.1, 0.15) is 5.76 Å². The summed E-state index contributed by atoms with van der Waals surface area (Å²) < 4.78 is 5.27. The number of halogens is 1. The Labute approximate surface area is 97.0 Å². The first-order chi connectivity index (χ1) is 7.11. The van der Waals surface area contributed by atoms with Crippen molar-refractivity contribution < 1.29 is 4.42 Å². The summed E-state index contributed by atoms with van der Waals surface area (Å²) in [6.07, 6.45) is 2.43. The number of furan rings is 1. The minimum absolute atomic E-state index is 0.460. The molecule has 3 heteroatoms. The first-order valence-electron chi connectivity index (χ1n) is 5.59. The van der Waals surface area contributed by atoms with Crippen LogP contribution in [-0.4, -0.2) is 6.04 Å². The molecular formula is C12H20ClNO. The Morgan fingerprint density at radius 3 is 2.67 bits per heavy atom. The molecule has 2 unspecified atom stereocenters. The molecule has 0 aliphatic carbocycles. The zero-order valence-electron chi connectivity index (χ0n) is 9.72. The van der Waals surface area contributed by atoms with Crippen LogP contribution in [-0.2, 0) is 6.54 Å². The molecule has 1 N–H and O–H groups in total. The molecule has 0 bridgehead atoms. The average Bonchev–Trinajstić information content (AvgIpc) is 2.61. The van der Waals surface area contributed by atoms with Gasteiger partial charge >= 0.3 is 0 Å². The van der Waals surface area contributed by atoms with Crippen molar-refractivity contribution in [2.75, 3.05) is 0 Å². The summed E-state index contributed by atoms with van der Waals surface area (Å²) in [4.78, 5) is 0. The molecule has 2 nitrogen and oxygen atoms in total. The van der Waals surface area contributed by atoms with Crippen molar-refractivity contribution in [3.8, 4) is 0 Å². The van der Waals surface area contributed by atoms with Gasteiger partial charge in [-0.1, -0.05) is 20.3 Å². The van der Waals surface area contributed by atoms with Gasteiger partial charge in [0.15, 0.2) is 5.22 Å². The van der Waals surface area contributed by atoms with Crippen LogP contribution in [0, 0.1) is 5.92 Å². The molecular weight excluding hydrogens is 210 g/mol. The second kappa shape index (κ2) is 6.19. The van der Waals surface area contributed by atoms with Crippen molar-refractivity contribution >= 4 is 11.6 Å². The van der Waals surface area contributed by atoms with Gasteiger partial charge in [0.2, 0.25) is 0 Å². The summed E-state index contributed by atoms with van der Waals surface area (Å²) in [5, 5.41) is 3.88. The highest BCUT2D eigenvalue weighted by Gasteiger charge is 2.07. The van der Waals surface area contributed by atoms with E-state index in [4.69, 9.17) is 16.0 Å². The molecule has 2 atom stereocenters. The Balaban J connectivity index is 2.25. The molecule has 1 heterocycles. The van der Waals surface area contributed by atoms with E-state index in [2.05, 4.69) is 26.1 Å². The Bertz CT molecular complexity index is 285. The Morgan fingerprint density at radius 2 is 2.13 bits per heavy atom. The molecule has 1 aromatic rings. The fourth-order valence-corrected chi connectivity index (χ4v) is 1.74. The lowest BCUT2D eigenvalue weighted by Crippen LogP contribution is -2.27. The van der Waals surface area contributed by atoms with E-state index < -0.39 is 0 Å². The van der Waals surface area contributed by atoms with E-state index in [1.807, 2.05) is 6.07 Å². The van der Waals surface area contributed by atoms with E-state index in [0.717, 1.165) is 18.2 Å². The average molecular weight is 230 g/mol. The van der Waals surface area contributed by atoms with Gasteiger partial charge in [-0.3, -0.25) is 0 Å². The molecule has 0 spiro atoms. The topological polar surface area (TPSA) is 25.2 Å². The van der Waals surface area contributed by atoms with Crippen molar-refractivity contribution in [2.24, 2.45) is 5.92 Å². The maximum absolute atomic E-state index is 5.69. The monoisotopic (exact) mass is 229 g/mol. The summed E-state index contributed by atoms with van der Waals surface area (Å²) >= 11 is 5.69. The van der Waals surface area contributed by atoms with Gasteiger partial charge in [-0.2, -0.15) is 0 Å². The Kier molecular flexibility index (Phi) is 5.20. The molecule has 1 aromatic heterocycles. The Hall–Kier alpha value is -0.470. The minimum Gasteiger partial charge on any atom is -0.448 e. The molecule has 0 aromatic carbocycles. The molecule has 0 aliphatic heterocycles. The maximum Gasteiger partial charge on any atom is 0.193 e. The highest BCUT2D eigenvalue weighted by atomic mass is 35.5. The summed E-state index contributed by atoms with van der Waals surface area (Å²) in [5.74, 6) is 1.67. The Morgan fingerprint density at radius 1 is 1.40 bits per heavy atom. The van der Waals surface area contributed by atoms with Crippen LogP contribution in [0.1, 0.15) is 39.4 Å². The fraction of sp³-hybridized carbons (Fsp3) is 0.667. The van der Waals surface area contributed by atoms with Crippen LogP contribution in [0.25, 0.3) is 0 Å². The number of hydrogen-bond donors (Lipinski definition) is 1. The third-order valence-corrected chi connectivity index (χ3v) is 2.91. The first-order valence-corrected chi connectivity index (χ1v) is 5.97. The van der Waals surface area contributed by atoms with E-state index in [-0.39, 0.29) is 0 Å². The number of rotatable bonds is 6. The lowest BCUT2D eigenvalue weighted by Gasteiger charge is -2.16. The van der Waals surface area contributed by atoms with Crippen LogP contribution in [0.4, 0.5) is 0 Å². The van der Waals surface area contributed by atoms with E-state index >= 15 is 0 Å². The van der Waals surface area contributed by atoms with Gasteiger partial charge in [0.25, 0.3) is 0 Å². The molecule has 86 valence electrons. The van der Waals surface area contributed by atoms with Gasteiger partial charge in [-0.25, -0.2) is 0 Å².